The minimum absolute atomic E-state index is 0.180. The second-order valence-electron chi connectivity index (χ2n) is 4.69. The summed E-state index contributed by atoms with van der Waals surface area (Å²) >= 11 is 0. The van der Waals surface area contributed by atoms with Gasteiger partial charge in [-0.05, 0) is 49.9 Å². The molecule has 18 heavy (non-hydrogen) atoms. The Morgan fingerprint density at radius 2 is 2.00 bits per heavy atom. The number of benzene rings is 1. The zero-order valence-corrected chi connectivity index (χ0v) is 10.7. The highest BCUT2D eigenvalue weighted by molar-refractivity contribution is 5.92. The molecule has 1 aliphatic rings. The van der Waals surface area contributed by atoms with Crippen LogP contribution >= 0.6 is 0 Å². The van der Waals surface area contributed by atoms with Gasteiger partial charge in [-0.3, -0.25) is 4.90 Å². The largest absolute Gasteiger partial charge is 0.508 e. The zero-order valence-electron chi connectivity index (χ0n) is 10.7. The number of amides is 2. The molecule has 0 aromatic heterocycles. The number of hydrogen-bond acceptors (Lipinski definition) is 2. The van der Waals surface area contributed by atoms with E-state index in [0.29, 0.717) is 5.92 Å². The van der Waals surface area contributed by atoms with Gasteiger partial charge in [-0.2, -0.15) is 0 Å². The Bertz CT molecular complexity index is 461. The highest BCUT2D eigenvalue weighted by Gasteiger charge is 2.23. The first kappa shape index (κ1) is 12.5. The van der Waals surface area contributed by atoms with Gasteiger partial charge in [-0.25, -0.2) is 4.79 Å². The molecule has 0 aliphatic heterocycles. The maximum absolute atomic E-state index is 11.9. The van der Waals surface area contributed by atoms with Gasteiger partial charge in [0, 0.05) is 18.9 Å². The number of anilines is 1. The van der Waals surface area contributed by atoms with Crippen LogP contribution in [0.25, 0.3) is 0 Å². The number of phenolic OH excluding ortho intramolecular Hbond substituents is 1. The minimum atomic E-state index is -0.180. The van der Waals surface area contributed by atoms with E-state index in [1.54, 1.807) is 37.5 Å². The van der Waals surface area contributed by atoms with E-state index in [2.05, 4.69) is 5.32 Å². The number of carbonyl (C=O) groups is 1. The fraction of sp³-hybridized carbons (Fsp3) is 0.357. The van der Waals surface area contributed by atoms with Gasteiger partial charge < -0.3 is 10.4 Å². The van der Waals surface area contributed by atoms with Gasteiger partial charge in [0.15, 0.2) is 0 Å². The van der Waals surface area contributed by atoms with Crippen molar-refractivity contribution in [3.63, 3.8) is 0 Å². The van der Waals surface area contributed by atoms with Gasteiger partial charge in [0.2, 0.25) is 0 Å². The topological polar surface area (TPSA) is 52.6 Å². The Balaban J connectivity index is 1.95. The van der Waals surface area contributed by atoms with Crippen LogP contribution < -0.4 is 10.2 Å². The van der Waals surface area contributed by atoms with Crippen molar-refractivity contribution in [2.45, 2.75) is 19.8 Å². The van der Waals surface area contributed by atoms with Crippen LogP contribution in [0.3, 0.4) is 0 Å². The van der Waals surface area contributed by atoms with Crippen LogP contribution in [0.1, 0.15) is 19.8 Å². The Hall–Kier alpha value is -1.97. The number of nitrogens with zero attached hydrogens (tertiary/aromatic N) is 1. The molecule has 4 nitrogen and oxygen atoms in total. The average molecular weight is 246 g/mol. The molecule has 2 amide bonds. The summed E-state index contributed by atoms with van der Waals surface area (Å²) in [5, 5.41) is 12.0. The van der Waals surface area contributed by atoms with E-state index in [1.807, 2.05) is 6.92 Å². The molecule has 0 atom stereocenters. The van der Waals surface area contributed by atoms with E-state index in [4.69, 9.17) is 0 Å². The molecule has 96 valence electrons. The summed E-state index contributed by atoms with van der Waals surface area (Å²) in [5.74, 6) is 0.848. The third kappa shape index (κ3) is 3.03. The quantitative estimate of drug-likeness (QED) is 0.861. The summed E-state index contributed by atoms with van der Waals surface area (Å²) in [4.78, 5) is 13.4. The zero-order chi connectivity index (χ0) is 13.1. The van der Waals surface area contributed by atoms with Crippen molar-refractivity contribution < 1.29 is 9.90 Å². The van der Waals surface area contributed by atoms with E-state index >= 15 is 0 Å². The molecule has 1 saturated carbocycles. The molecule has 0 saturated heterocycles. The summed E-state index contributed by atoms with van der Waals surface area (Å²) < 4.78 is 0. The third-order valence-corrected chi connectivity index (χ3v) is 3.19. The standard InChI is InChI=1S/C14H18N2O2/c1-10(11-3-4-11)9-15-14(18)16(2)12-5-7-13(17)8-6-12/h5-9,11,17H,3-4H2,1-2H3,(H,15,18)/b10-9+. The molecule has 1 aromatic rings. The van der Waals surface area contributed by atoms with E-state index in [1.165, 1.54) is 23.3 Å². The Labute approximate surface area is 107 Å². The second-order valence-corrected chi connectivity index (χ2v) is 4.69. The number of allylic oxidation sites excluding steroid dienone is 1. The van der Waals surface area contributed by atoms with E-state index in [0.717, 1.165) is 5.69 Å². The minimum Gasteiger partial charge on any atom is -0.508 e. The van der Waals surface area contributed by atoms with E-state index < -0.39 is 0 Å². The molecule has 2 rings (SSSR count). The van der Waals surface area contributed by atoms with Gasteiger partial charge in [-0.15, -0.1) is 0 Å². The Morgan fingerprint density at radius 1 is 1.39 bits per heavy atom. The lowest BCUT2D eigenvalue weighted by atomic mass is 10.2. The third-order valence-electron chi connectivity index (χ3n) is 3.19. The fourth-order valence-corrected chi connectivity index (χ4v) is 1.72. The van der Waals surface area contributed by atoms with Crippen molar-refractivity contribution >= 4 is 11.7 Å². The van der Waals surface area contributed by atoms with Crippen molar-refractivity contribution in [3.8, 4) is 5.75 Å². The maximum atomic E-state index is 11.9. The van der Waals surface area contributed by atoms with Crippen LogP contribution in [0.15, 0.2) is 36.0 Å². The predicted octanol–water partition coefficient (Wildman–Crippen LogP) is 2.85. The molecule has 1 aliphatic carbocycles. The summed E-state index contributed by atoms with van der Waals surface area (Å²) in [6.45, 7) is 2.04. The van der Waals surface area contributed by atoms with Crippen LogP contribution in [0, 0.1) is 5.92 Å². The van der Waals surface area contributed by atoms with Crippen LogP contribution in [-0.4, -0.2) is 18.2 Å². The van der Waals surface area contributed by atoms with Gasteiger partial charge >= 0.3 is 6.03 Å². The van der Waals surface area contributed by atoms with Crippen LogP contribution in [0.5, 0.6) is 5.75 Å². The summed E-state index contributed by atoms with van der Waals surface area (Å²) in [6.07, 6.45) is 4.24. The molecule has 0 spiro atoms. The molecule has 0 unspecified atom stereocenters. The molecule has 1 fully saturated rings. The first-order valence-corrected chi connectivity index (χ1v) is 6.08. The normalized spacial score (nSPS) is 15.3. The molecule has 0 radical (unpaired) electrons. The lowest BCUT2D eigenvalue weighted by Crippen LogP contribution is -2.34. The van der Waals surface area contributed by atoms with Crippen LogP contribution in [0.2, 0.25) is 0 Å². The van der Waals surface area contributed by atoms with Crippen molar-refractivity contribution in [1.29, 1.82) is 0 Å². The van der Waals surface area contributed by atoms with Crippen molar-refractivity contribution in [3.05, 3.63) is 36.0 Å². The van der Waals surface area contributed by atoms with E-state index in [-0.39, 0.29) is 11.8 Å². The average Bonchev–Trinajstić information content (AvgIpc) is 3.20. The van der Waals surface area contributed by atoms with Crippen molar-refractivity contribution in [1.82, 2.24) is 5.32 Å². The molecule has 1 aromatic carbocycles. The highest BCUT2D eigenvalue weighted by Crippen LogP contribution is 2.35. The number of carbonyl (C=O) groups excluding carboxylic acids is 1. The monoisotopic (exact) mass is 246 g/mol. The van der Waals surface area contributed by atoms with Crippen molar-refractivity contribution in [2.75, 3.05) is 11.9 Å². The molecule has 0 bridgehead atoms. The lowest BCUT2D eigenvalue weighted by molar-refractivity contribution is 0.250. The van der Waals surface area contributed by atoms with Gasteiger partial charge in [0.25, 0.3) is 0 Å². The maximum Gasteiger partial charge on any atom is 0.325 e. The smallest absolute Gasteiger partial charge is 0.325 e. The lowest BCUT2D eigenvalue weighted by Gasteiger charge is -2.17. The van der Waals surface area contributed by atoms with Gasteiger partial charge in [-0.1, -0.05) is 5.57 Å². The number of urea groups is 1. The van der Waals surface area contributed by atoms with Crippen molar-refractivity contribution in [2.24, 2.45) is 5.92 Å². The number of rotatable bonds is 3. The number of nitrogens with one attached hydrogen (secondary N) is 1. The van der Waals surface area contributed by atoms with Crippen LogP contribution in [-0.2, 0) is 0 Å². The summed E-state index contributed by atoms with van der Waals surface area (Å²) in [7, 11) is 1.70. The van der Waals surface area contributed by atoms with Gasteiger partial charge in [0.05, 0.1) is 0 Å². The molecule has 4 heteroatoms. The molecular formula is C14H18N2O2. The fourth-order valence-electron chi connectivity index (χ4n) is 1.72. The Kier molecular flexibility index (Phi) is 3.55. The first-order valence-electron chi connectivity index (χ1n) is 6.08. The predicted molar refractivity (Wildman–Crippen MR) is 71.5 cm³/mol. The summed E-state index contributed by atoms with van der Waals surface area (Å²) in [5.41, 5.74) is 1.96. The molecular weight excluding hydrogens is 228 g/mol. The molecule has 2 N–H and O–H groups in total. The van der Waals surface area contributed by atoms with Crippen LogP contribution in [0.4, 0.5) is 10.5 Å². The summed E-state index contributed by atoms with van der Waals surface area (Å²) in [6, 6.07) is 6.34. The SMILES string of the molecule is C/C(=C\NC(=O)N(C)c1ccc(O)cc1)C1CC1. The number of hydrogen-bond donors (Lipinski definition) is 2. The number of aromatic hydroxyl groups is 1. The molecule has 0 heterocycles. The van der Waals surface area contributed by atoms with Gasteiger partial charge in [0.1, 0.15) is 5.75 Å². The first-order chi connectivity index (χ1) is 8.58. The number of phenols is 1. The highest BCUT2D eigenvalue weighted by atomic mass is 16.3. The second kappa shape index (κ2) is 5.12. The van der Waals surface area contributed by atoms with E-state index in [9.17, 15) is 9.90 Å². The Morgan fingerprint density at radius 3 is 2.56 bits per heavy atom.